The third-order valence-corrected chi connectivity index (χ3v) is 3.40. The zero-order valence-corrected chi connectivity index (χ0v) is 12.3. The number of halogens is 3. The molecule has 0 spiro atoms. The Labute approximate surface area is 123 Å². The molecule has 98 valence electrons. The molecule has 2 rings (SSSR count). The SMILES string of the molecule is Cc1ccc(Br)c(C(=O)Nc2cc(F)cc(Cl)c2)c1. The van der Waals surface area contributed by atoms with E-state index in [1.54, 1.807) is 12.1 Å². The number of aryl methyl sites for hydroxylation is 1. The lowest BCUT2D eigenvalue weighted by atomic mass is 10.1. The van der Waals surface area contributed by atoms with Crippen LogP contribution in [0, 0.1) is 12.7 Å². The van der Waals surface area contributed by atoms with E-state index in [4.69, 9.17) is 11.6 Å². The van der Waals surface area contributed by atoms with Crippen molar-refractivity contribution in [1.82, 2.24) is 0 Å². The summed E-state index contributed by atoms with van der Waals surface area (Å²) in [5, 5.41) is 2.85. The molecule has 0 aliphatic heterocycles. The first-order valence-corrected chi connectivity index (χ1v) is 6.66. The van der Waals surface area contributed by atoms with Gasteiger partial charge in [-0.3, -0.25) is 4.79 Å². The third kappa shape index (κ3) is 3.55. The molecule has 0 bridgehead atoms. The molecule has 0 radical (unpaired) electrons. The second kappa shape index (κ2) is 5.72. The topological polar surface area (TPSA) is 29.1 Å². The van der Waals surface area contributed by atoms with Crippen LogP contribution in [0.1, 0.15) is 15.9 Å². The van der Waals surface area contributed by atoms with Gasteiger partial charge in [-0.1, -0.05) is 23.2 Å². The van der Waals surface area contributed by atoms with E-state index in [1.807, 2.05) is 13.0 Å². The van der Waals surface area contributed by atoms with Crippen molar-refractivity contribution < 1.29 is 9.18 Å². The van der Waals surface area contributed by atoms with Crippen LogP contribution in [-0.4, -0.2) is 5.91 Å². The molecule has 0 fully saturated rings. The molecular weight excluding hydrogens is 333 g/mol. The van der Waals surface area contributed by atoms with Crippen molar-refractivity contribution >= 4 is 39.1 Å². The standard InChI is InChI=1S/C14H10BrClFNO/c1-8-2-3-13(15)12(4-8)14(19)18-11-6-9(16)5-10(17)7-11/h2-7H,1H3,(H,18,19). The zero-order chi connectivity index (χ0) is 14.0. The summed E-state index contributed by atoms with van der Waals surface area (Å²) >= 11 is 9.05. The summed E-state index contributed by atoms with van der Waals surface area (Å²) in [5.74, 6) is -0.816. The summed E-state index contributed by atoms with van der Waals surface area (Å²) in [5.41, 5.74) is 1.77. The van der Waals surface area contributed by atoms with Gasteiger partial charge in [0, 0.05) is 15.2 Å². The van der Waals surface area contributed by atoms with Gasteiger partial charge < -0.3 is 5.32 Å². The molecule has 0 unspecified atom stereocenters. The van der Waals surface area contributed by atoms with Gasteiger partial charge in [0.25, 0.3) is 5.91 Å². The molecule has 0 saturated heterocycles. The highest BCUT2D eigenvalue weighted by molar-refractivity contribution is 9.10. The van der Waals surface area contributed by atoms with Crippen molar-refractivity contribution in [3.63, 3.8) is 0 Å². The fourth-order valence-corrected chi connectivity index (χ4v) is 2.29. The van der Waals surface area contributed by atoms with Crippen LogP contribution in [0.3, 0.4) is 0 Å². The first kappa shape index (κ1) is 14.0. The van der Waals surface area contributed by atoms with E-state index in [-0.39, 0.29) is 10.9 Å². The minimum absolute atomic E-state index is 0.235. The van der Waals surface area contributed by atoms with Gasteiger partial charge in [0.15, 0.2) is 0 Å². The number of hydrogen-bond acceptors (Lipinski definition) is 1. The monoisotopic (exact) mass is 341 g/mol. The third-order valence-electron chi connectivity index (χ3n) is 2.49. The highest BCUT2D eigenvalue weighted by Gasteiger charge is 2.11. The van der Waals surface area contributed by atoms with Crippen LogP contribution in [0.4, 0.5) is 10.1 Å². The van der Waals surface area contributed by atoms with Crippen LogP contribution in [0.15, 0.2) is 40.9 Å². The van der Waals surface area contributed by atoms with Crippen LogP contribution >= 0.6 is 27.5 Å². The summed E-state index contributed by atoms with van der Waals surface area (Å²) in [6, 6.07) is 9.32. The predicted molar refractivity (Wildman–Crippen MR) is 78.2 cm³/mol. The number of carbonyl (C=O) groups excluding carboxylic acids is 1. The van der Waals surface area contributed by atoms with Gasteiger partial charge in [-0.25, -0.2) is 4.39 Å². The zero-order valence-electron chi connectivity index (χ0n) is 10.0. The number of nitrogens with one attached hydrogen (secondary N) is 1. The van der Waals surface area contributed by atoms with E-state index in [2.05, 4.69) is 21.2 Å². The smallest absolute Gasteiger partial charge is 0.256 e. The fraction of sp³-hybridized carbons (Fsp3) is 0.0714. The quantitative estimate of drug-likeness (QED) is 0.834. The first-order valence-electron chi connectivity index (χ1n) is 5.49. The lowest BCUT2D eigenvalue weighted by molar-refractivity contribution is 0.102. The highest BCUT2D eigenvalue weighted by atomic mass is 79.9. The average molecular weight is 343 g/mol. The number of hydrogen-bond donors (Lipinski definition) is 1. The molecule has 19 heavy (non-hydrogen) atoms. The molecule has 0 heterocycles. The molecule has 2 aromatic carbocycles. The maximum atomic E-state index is 13.2. The van der Waals surface area contributed by atoms with Crippen molar-refractivity contribution in [3.05, 3.63) is 62.8 Å². The van der Waals surface area contributed by atoms with Crippen LogP contribution < -0.4 is 5.32 Å². The largest absolute Gasteiger partial charge is 0.322 e. The number of anilines is 1. The summed E-state index contributed by atoms with van der Waals surface area (Å²) in [6.45, 7) is 1.89. The maximum absolute atomic E-state index is 13.2. The Morgan fingerprint density at radius 3 is 2.68 bits per heavy atom. The second-order valence-electron chi connectivity index (χ2n) is 4.10. The Morgan fingerprint density at radius 1 is 1.26 bits per heavy atom. The van der Waals surface area contributed by atoms with E-state index in [0.717, 1.165) is 5.56 Å². The Morgan fingerprint density at radius 2 is 2.00 bits per heavy atom. The first-order chi connectivity index (χ1) is 8.95. The van der Waals surface area contributed by atoms with E-state index in [0.29, 0.717) is 15.7 Å². The molecule has 2 nitrogen and oxygen atoms in total. The maximum Gasteiger partial charge on any atom is 0.256 e. The molecule has 0 atom stereocenters. The van der Waals surface area contributed by atoms with Gasteiger partial charge in [-0.05, 0) is 53.2 Å². The van der Waals surface area contributed by atoms with Crippen molar-refractivity contribution in [3.8, 4) is 0 Å². The van der Waals surface area contributed by atoms with Crippen LogP contribution in [0.2, 0.25) is 5.02 Å². The summed E-state index contributed by atoms with van der Waals surface area (Å²) < 4.78 is 13.9. The van der Waals surface area contributed by atoms with Gasteiger partial charge in [0.05, 0.1) is 5.56 Å². The van der Waals surface area contributed by atoms with Gasteiger partial charge in [0.2, 0.25) is 0 Å². The Hall–Kier alpha value is -1.39. The molecule has 1 N–H and O–H groups in total. The van der Waals surface area contributed by atoms with Crippen molar-refractivity contribution in [2.24, 2.45) is 0 Å². The lowest BCUT2D eigenvalue weighted by Gasteiger charge is -2.08. The Bertz CT molecular complexity index is 625. The van der Waals surface area contributed by atoms with E-state index >= 15 is 0 Å². The van der Waals surface area contributed by atoms with Gasteiger partial charge in [-0.2, -0.15) is 0 Å². The molecule has 0 saturated carbocycles. The number of amides is 1. The van der Waals surface area contributed by atoms with Crippen molar-refractivity contribution in [1.29, 1.82) is 0 Å². The summed E-state index contributed by atoms with van der Waals surface area (Å²) in [4.78, 5) is 12.1. The number of benzene rings is 2. The minimum Gasteiger partial charge on any atom is -0.322 e. The number of carbonyl (C=O) groups is 1. The lowest BCUT2D eigenvalue weighted by Crippen LogP contribution is -2.13. The Balaban J connectivity index is 2.28. The summed E-state index contributed by atoms with van der Waals surface area (Å²) in [7, 11) is 0. The van der Waals surface area contributed by atoms with Crippen molar-refractivity contribution in [2.45, 2.75) is 6.92 Å². The van der Waals surface area contributed by atoms with E-state index < -0.39 is 5.82 Å². The molecule has 0 aliphatic carbocycles. The molecule has 1 amide bonds. The summed E-state index contributed by atoms with van der Waals surface area (Å²) in [6.07, 6.45) is 0. The second-order valence-corrected chi connectivity index (χ2v) is 5.39. The minimum atomic E-state index is -0.494. The normalized spacial score (nSPS) is 10.3. The molecule has 2 aromatic rings. The van der Waals surface area contributed by atoms with E-state index in [9.17, 15) is 9.18 Å². The highest BCUT2D eigenvalue weighted by Crippen LogP contribution is 2.22. The molecule has 5 heteroatoms. The Kier molecular flexibility index (Phi) is 4.22. The average Bonchev–Trinajstić information content (AvgIpc) is 2.30. The predicted octanol–water partition coefficient (Wildman–Crippen LogP) is 4.80. The molecule has 0 aliphatic rings. The van der Waals surface area contributed by atoms with Crippen molar-refractivity contribution in [2.75, 3.05) is 5.32 Å². The van der Waals surface area contributed by atoms with Crippen LogP contribution in [0.5, 0.6) is 0 Å². The van der Waals surface area contributed by atoms with Crippen LogP contribution in [0.25, 0.3) is 0 Å². The fourth-order valence-electron chi connectivity index (χ4n) is 1.64. The van der Waals surface area contributed by atoms with Crippen LogP contribution in [-0.2, 0) is 0 Å². The van der Waals surface area contributed by atoms with Gasteiger partial charge in [-0.15, -0.1) is 0 Å². The van der Waals surface area contributed by atoms with Gasteiger partial charge >= 0.3 is 0 Å². The molecule has 0 aromatic heterocycles. The van der Waals surface area contributed by atoms with Gasteiger partial charge in [0.1, 0.15) is 5.82 Å². The van der Waals surface area contributed by atoms with E-state index in [1.165, 1.54) is 18.2 Å². The number of rotatable bonds is 2. The molecular formula is C14H10BrClFNO.